The van der Waals surface area contributed by atoms with Crippen molar-refractivity contribution in [2.24, 2.45) is 0 Å². The van der Waals surface area contributed by atoms with Crippen LogP contribution in [0.1, 0.15) is 23.7 Å². The van der Waals surface area contributed by atoms with Crippen molar-refractivity contribution in [3.8, 4) is 28.4 Å². The molecular weight excluding hydrogens is 388 g/mol. The number of carbonyl (C=O) groups excluding carboxylic acids is 1. The number of fused-ring (bicyclic) bond motifs is 3. The minimum atomic E-state index is -0.500. The summed E-state index contributed by atoms with van der Waals surface area (Å²) in [5, 5.41) is 10.6. The van der Waals surface area contributed by atoms with Gasteiger partial charge in [-0.3, -0.25) is 9.59 Å². The molecule has 7 heteroatoms. The Bertz CT molecular complexity index is 1330. The molecule has 1 aliphatic rings. The van der Waals surface area contributed by atoms with Crippen LogP contribution in [-0.4, -0.2) is 18.2 Å². The molecule has 1 atom stereocenters. The van der Waals surface area contributed by atoms with Crippen LogP contribution in [0.5, 0.6) is 17.2 Å². The standard InChI is InChI=1S/C23H16O7/c1-27-16-6-3-2-5-12(16)14-11-29-23-20-13(17-7-4-8-28-17)9-19(25)30-18(20)10-15(24)21(23)22(14)26/h2-8,10-11,13,24H,9H2,1H3. The molecule has 2 aromatic carbocycles. The monoisotopic (exact) mass is 404 g/mol. The van der Waals surface area contributed by atoms with Crippen molar-refractivity contribution in [1.82, 2.24) is 0 Å². The van der Waals surface area contributed by atoms with Crippen LogP contribution in [0.4, 0.5) is 0 Å². The molecule has 3 heterocycles. The van der Waals surface area contributed by atoms with Gasteiger partial charge in [-0.2, -0.15) is 0 Å². The second-order valence-corrected chi connectivity index (χ2v) is 6.94. The Morgan fingerprint density at radius 3 is 2.67 bits per heavy atom. The lowest BCUT2D eigenvalue weighted by Gasteiger charge is -2.24. The van der Waals surface area contributed by atoms with E-state index in [4.69, 9.17) is 18.3 Å². The number of esters is 1. The quantitative estimate of drug-likeness (QED) is 0.403. The predicted octanol–water partition coefficient (Wildman–Crippen LogP) is 4.21. The molecule has 30 heavy (non-hydrogen) atoms. The summed E-state index contributed by atoms with van der Waals surface area (Å²) < 4.78 is 22.0. The second-order valence-electron chi connectivity index (χ2n) is 6.94. The van der Waals surface area contributed by atoms with Crippen LogP contribution >= 0.6 is 0 Å². The average molecular weight is 404 g/mol. The van der Waals surface area contributed by atoms with Crippen LogP contribution < -0.4 is 14.9 Å². The van der Waals surface area contributed by atoms with Gasteiger partial charge in [0.25, 0.3) is 0 Å². The highest BCUT2D eigenvalue weighted by Crippen LogP contribution is 2.45. The Balaban J connectivity index is 1.81. The molecule has 0 fully saturated rings. The number of hydrogen-bond donors (Lipinski definition) is 1. The molecule has 0 bridgehead atoms. The predicted molar refractivity (Wildman–Crippen MR) is 107 cm³/mol. The van der Waals surface area contributed by atoms with Gasteiger partial charge < -0.3 is 23.4 Å². The Morgan fingerprint density at radius 2 is 1.90 bits per heavy atom. The fraction of sp³-hybridized carbons (Fsp3) is 0.130. The molecule has 1 unspecified atom stereocenters. The summed E-state index contributed by atoms with van der Waals surface area (Å²) in [5.41, 5.74) is 1.01. The van der Waals surface area contributed by atoms with E-state index in [1.165, 1.54) is 25.7 Å². The lowest BCUT2D eigenvalue weighted by atomic mass is 9.88. The summed E-state index contributed by atoms with van der Waals surface area (Å²) in [7, 11) is 1.51. The zero-order chi connectivity index (χ0) is 20.8. The lowest BCUT2D eigenvalue weighted by molar-refractivity contribution is -0.135. The van der Waals surface area contributed by atoms with Gasteiger partial charge >= 0.3 is 5.97 Å². The second kappa shape index (κ2) is 6.81. The van der Waals surface area contributed by atoms with Crippen molar-refractivity contribution in [1.29, 1.82) is 0 Å². The molecule has 0 spiro atoms. The molecule has 7 nitrogen and oxygen atoms in total. The number of para-hydroxylation sites is 1. The van der Waals surface area contributed by atoms with Gasteiger partial charge in [0.05, 0.1) is 31.3 Å². The van der Waals surface area contributed by atoms with Gasteiger partial charge in [-0.05, 0) is 18.2 Å². The summed E-state index contributed by atoms with van der Waals surface area (Å²) in [6.45, 7) is 0. The van der Waals surface area contributed by atoms with Crippen molar-refractivity contribution in [2.45, 2.75) is 12.3 Å². The summed E-state index contributed by atoms with van der Waals surface area (Å²) in [6.07, 6.45) is 2.86. The van der Waals surface area contributed by atoms with Crippen molar-refractivity contribution in [2.75, 3.05) is 7.11 Å². The Hall–Kier alpha value is -4.00. The number of methoxy groups -OCH3 is 1. The van der Waals surface area contributed by atoms with Crippen LogP contribution in [0.15, 0.2) is 68.6 Å². The first-order valence-electron chi connectivity index (χ1n) is 9.27. The first-order valence-corrected chi connectivity index (χ1v) is 9.27. The summed E-state index contributed by atoms with van der Waals surface area (Å²) >= 11 is 0. The highest BCUT2D eigenvalue weighted by molar-refractivity contribution is 5.94. The number of aromatic hydroxyl groups is 1. The molecule has 2 aromatic heterocycles. The van der Waals surface area contributed by atoms with Gasteiger partial charge in [0, 0.05) is 17.2 Å². The van der Waals surface area contributed by atoms with Gasteiger partial charge in [-0.1, -0.05) is 18.2 Å². The minimum absolute atomic E-state index is 0.00617. The number of ether oxygens (including phenoxy) is 2. The van der Waals surface area contributed by atoms with E-state index >= 15 is 0 Å². The molecule has 150 valence electrons. The van der Waals surface area contributed by atoms with Gasteiger partial charge in [0.15, 0.2) is 0 Å². The normalized spacial score (nSPS) is 15.6. The van der Waals surface area contributed by atoms with Crippen molar-refractivity contribution in [3.05, 3.63) is 76.5 Å². The Morgan fingerprint density at radius 1 is 1.07 bits per heavy atom. The number of rotatable bonds is 3. The molecule has 5 rings (SSSR count). The molecular formula is C23H16O7. The van der Waals surface area contributed by atoms with E-state index in [1.54, 1.807) is 36.4 Å². The third-order valence-electron chi connectivity index (χ3n) is 5.25. The zero-order valence-electron chi connectivity index (χ0n) is 15.9. The molecule has 0 amide bonds. The van der Waals surface area contributed by atoms with E-state index in [2.05, 4.69) is 0 Å². The summed E-state index contributed by atoms with van der Waals surface area (Å²) in [6, 6.07) is 11.8. The van der Waals surface area contributed by atoms with E-state index in [0.717, 1.165) is 0 Å². The maximum absolute atomic E-state index is 13.4. The van der Waals surface area contributed by atoms with Crippen LogP contribution in [0, 0.1) is 0 Å². The summed E-state index contributed by atoms with van der Waals surface area (Å²) in [4.78, 5) is 25.5. The van der Waals surface area contributed by atoms with Crippen LogP contribution in [-0.2, 0) is 4.79 Å². The number of benzene rings is 2. The average Bonchev–Trinajstić information content (AvgIpc) is 3.28. The Labute approximate surface area is 170 Å². The third-order valence-corrected chi connectivity index (χ3v) is 5.25. The number of carbonyl (C=O) groups is 1. The minimum Gasteiger partial charge on any atom is -0.507 e. The molecule has 1 aliphatic heterocycles. The van der Waals surface area contributed by atoms with E-state index in [-0.39, 0.29) is 34.5 Å². The van der Waals surface area contributed by atoms with E-state index in [9.17, 15) is 14.7 Å². The lowest BCUT2D eigenvalue weighted by Crippen LogP contribution is -2.21. The fourth-order valence-electron chi connectivity index (χ4n) is 3.92. The molecule has 0 radical (unpaired) electrons. The van der Waals surface area contributed by atoms with Gasteiger partial charge in [-0.15, -0.1) is 0 Å². The van der Waals surface area contributed by atoms with E-state index < -0.39 is 17.3 Å². The molecule has 1 N–H and O–H groups in total. The molecule has 4 aromatic rings. The SMILES string of the molecule is COc1ccccc1-c1coc2c3c(cc(O)c2c1=O)OC(=O)CC3c1ccco1. The fourth-order valence-corrected chi connectivity index (χ4v) is 3.92. The molecule has 0 aliphatic carbocycles. The van der Waals surface area contributed by atoms with E-state index in [0.29, 0.717) is 22.6 Å². The zero-order valence-corrected chi connectivity index (χ0v) is 15.9. The largest absolute Gasteiger partial charge is 0.507 e. The Kier molecular flexibility index (Phi) is 4.10. The molecule has 0 saturated heterocycles. The van der Waals surface area contributed by atoms with Crippen LogP contribution in [0.3, 0.4) is 0 Å². The number of hydrogen-bond acceptors (Lipinski definition) is 7. The third kappa shape index (κ3) is 2.67. The van der Waals surface area contributed by atoms with Crippen LogP contribution in [0.25, 0.3) is 22.1 Å². The van der Waals surface area contributed by atoms with Gasteiger partial charge in [-0.25, -0.2) is 0 Å². The number of furan rings is 1. The van der Waals surface area contributed by atoms with E-state index in [1.807, 2.05) is 0 Å². The first-order chi connectivity index (χ1) is 14.6. The number of phenolic OH excluding ortho intramolecular Hbond substituents is 1. The van der Waals surface area contributed by atoms with Crippen molar-refractivity contribution in [3.63, 3.8) is 0 Å². The maximum Gasteiger partial charge on any atom is 0.312 e. The topological polar surface area (TPSA) is 99.1 Å². The van der Waals surface area contributed by atoms with Gasteiger partial charge in [0.2, 0.25) is 5.43 Å². The van der Waals surface area contributed by atoms with Crippen LogP contribution in [0.2, 0.25) is 0 Å². The van der Waals surface area contributed by atoms with Crippen molar-refractivity contribution >= 4 is 16.9 Å². The highest BCUT2D eigenvalue weighted by Gasteiger charge is 2.35. The smallest absolute Gasteiger partial charge is 0.312 e. The first kappa shape index (κ1) is 18.1. The maximum atomic E-state index is 13.4. The van der Waals surface area contributed by atoms with Crippen molar-refractivity contribution < 1.29 is 28.2 Å². The van der Waals surface area contributed by atoms with Gasteiger partial charge in [0.1, 0.15) is 40.2 Å². The summed E-state index contributed by atoms with van der Waals surface area (Å²) in [5.74, 6) is -0.108. The number of phenols is 1. The highest BCUT2D eigenvalue weighted by atomic mass is 16.5. The molecule has 0 saturated carbocycles.